The first-order valence-electron chi connectivity index (χ1n) is 9.20. The van der Waals surface area contributed by atoms with Crippen molar-refractivity contribution in [2.75, 3.05) is 19.7 Å². The van der Waals surface area contributed by atoms with Gasteiger partial charge in [-0.2, -0.15) is 0 Å². The summed E-state index contributed by atoms with van der Waals surface area (Å²) in [5.41, 5.74) is 0. The third-order valence-electron chi connectivity index (χ3n) is 5.28. The monoisotopic (exact) mass is 323 g/mol. The van der Waals surface area contributed by atoms with Gasteiger partial charge in [-0.05, 0) is 38.5 Å². The van der Waals surface area contributed by atoms with Crippen LogP contribution in [0.3, 0.4) is 0 Å². The normalized spacial score (nSPS) is 28.8. The Labute approximate surface area is 138 Å². The summed E-state index contributed by atoms with van der Waals surface area (Å²) < 4.78 is 5.53. The Morgan fingerprint density at radius 3 is 2.57 bits per heavy atom. The summed E-state index contributed by atoms with van der Waals surface area (Å²) in [5.74, 6) is -0.0307. The van der Waals surface area contributed by atoms with E-state index in [1.807, 2.05) is 0 Å². The van der Waals surface area contributed by atoms with Gasteiger partial charge in [0, 0.05) is 25.7 Å². The zero-order chi connectivity index (χ0) is 16.1. The molecule has 2 N–H and O–H groups in total. The van der Waals surface area contributed by atoms with Crippen LogP contribution in [-0.2, 0) is 9.53 Å². The summed E-state index contributed by atoms with van der Waals surface area (Å²) >= 11 is 0. The molecule has 0 spiro atoms. The smallest absolute Gasteiger partial charge is 0.318 e. The van der Waals surface area contributed by atoms with E-state index in [2.05, 4.69) is 10.6 Å². The minimum Gasteiger partial charge on any atom is -0.376 e. The highest BCUT2D eigenvalue weighted by molar-refractivity contribution is 5.87. The molecule has 3 fully saturated rings. The highest BCUT2D eigenvalue weighted by Crippen LogP contribution is 2.21. The zero-order valence-electron chi connectivity index (χ0n) is 13.9. The second kappa shape index (κ2) is 7.99. The first-order chi connectivity index (χ1) is 11.2. The van der Waals surface area contributed by atoms with Crippen LogP contribution < -0.4 is 10.6 Å². The highest BCUT2D eigenvalue weighted by Gasteiger charge is 2.35. The standard InChI is InChI=1S/C17H29N3O3/c21-16(18-12-14-8-5-11-23-14)15-9-4-10-20(15)17(22)19-13-6-2-1-3-7-13/h13-15H,1-12H2,(H,18,21)(H,19,22)/t14-,15-/m0/s1. The molecule has 2 heterocycles. The molecule has 0 unspecified atom stereocenters. The number of carbonyl (C=O) groups excluding carboxylic acids is 2. The lowest BCUT2D eigenvalue weighted by atomic mass is 9.96. The van der Waals surface area contributed by atoms with Gasteiger partial charge in [0.1, 0.15) is 6.04 Å². The van der Waals surface area contributed by atoms with Crippen molar-refractivity contribution in [3.8, 4) is 0 Å². The minimum absolute atomic E-state index is 0.0307. The summed E-state index contributed by atoms with van der Waals surface area (Å²) in [4.78, 5) is 26.6. The SMILES string of the molecule is O=C(NC[C@@H]1CCCO1)[C@@H]1CCCN1C(=O)NC1CCCCC1. The van der Waals surface area contributed by atoms with Gasteiger partial charge in [0.05, 0.1) is 6.10 Å². The third kappa shape index (κ3) is 4.37. The molecule has 0 aromatic carbocycles. The Bertz CT molecular complexity index is 417. The van der Waals surface area contributed by atoms with Crippen molar-refractivity contribution in [2.45, 2.75) is 76.0 Å². The van der Waals surface area contributed by atoms with Crippen LogP contribution in [0.15, 0.2) is 0 Å². The van der Waals surface area contributed by atoms with Gasteiger partial charge in [0.2, 0.25) is 5.91 Å². The number of amides is 3. The van der Waals surface area contributed by atoms with E-state index in [-0.39, 0.29) is 30.1 Å². The molecule has 1 saturated carbocycles. The number of hydrogen-bond acceptors (Lipinski definition) is 3. The predicted octanol–water partition coefficient (Wildman–Crippen LogP) is 1.79. The second-order valence-corrected chi connectivity index (χ2v) is 7.02. The molecule has 0 aromatic heterocycles. The molecule has 3 rings (SSSR count). The van der Waals surface area contributed by atoms with E-state index in [1.54, 1.807) is 4.90 Å². The van der Waals surface area contributed by atoms with Crippen molar-refractivity contribution >= 4 is 11.9 Å². The van der Waals surface area contributed by atoms with Gasteiger partial charge in [0.25, 0.3) is 0 Å². The summed E-state index contributed by atoms with van der Waals surface area (Å²) in [6.45, 7) is 2.03. The summed E-state index contributed by atoms with van der Waals surface area (Å²) in [5, 5.41) is 6.09. The fraction of sp³-hybridized carbons (Fsp3) is 0.882. The van der Waals surface area contributed by atoms with E-state index in [0.29, 0.717) is 13.1 Å². The number of urea groups is 1. The molecule has 130 valence electrons. The summed E-state index contributed by atoms with van der Waals surface area (Å²) in [6, 6.07) is -0.0980. The number of carbonyl (C=O) groups is 2. The third-order valence-corrected chi connectivity index (χ3v) is 5.28. The van der Waals surface area contributed by atoms with E-state index >= 15 is 0 Å². The topological polar surface area (TPSA) is 70.7 Å². The van der Waals surface area contributed by atoms with Crippen molar-refractivity contribution in [2.24, 2.45) is 0 Å². The number of likely N-dealkylation sites (tertiary alicyclic amines) is 1. The quantitative estimate of drug-likeness (QED) is 0.828. The maximum atomic E-state index is 12.5. The van der Waals surface area contributed by atoms with Gasteiger partial charge in [-0.25, -0.2) is 4.79 Å². The molecule has 3 amide bonds. The van der Waals surface area contributed by atoms with Crippen molar-refractivity contribution in [3.05, 3.63) is 0 Å². The van der Waals surface area contributed by atoms with Gasteiger partial charge in [-0.1, -0.05) is 19.3 Å². The fourth-order valence-electron chi connectivity index (χ4n) is 3.92. The Hall–Kier alpha value is -1.30. The molecular weight excluding hydrogens is 294 g/mol. The molecule has 6 nitrogen and oxygen atoms in total. The van der Waals surface area contributed by atoms with Crippen LogP contribution in [0.25, 0.3) is 0 Å². The van der Waals surface area contributed by atoms with Crippen LogP contribution in [-0.4, -0.2) is 54.7 Å². The fourth-order valence-corrected chi connectivity index (χ4v) is 3.92. The lowest BCUT2D eigenvalue weighted by Crippen LogP contribution is -2.52. The summed E-state index contributed by atoms with van der Waals surface area (Å²) in [7, 11) is 0. The molecule has 6 heteroatoms. The van der Waals surface area contributed by atoms with Crippen LogP contribution in [0.1, 0.15) is 57.8 Å². The Balaban J connectivity index is 1.47. The van der Waals surface area contributed by atoms with Crippen molar-refractivity contribution in [1.29, 1.82) is 0 Å². The molecule has 0 radical (unpaired) electrons. The number of hydrogen-bond donors (Lipinski definition) is 2. The molecule has 2 atom stereocenters. The molecule has 23 heavy (non-hydrogen) atoms. The molecular formula is C17H29N3O3. The van der Waals surface area contributed by atoms with Crippen molar-refractivity contribution in [1.82, 2.24) is 15.5 Å². The van der Waals surface area contributed by atoms with Gasteiger partial charge >= 0.3 is 6.03 Å². The Kier molecular flexibility index (Phi) is 5.75. The average Bonchev–Trinajstić information content (AvgIpc) is 3.25. The first-order valence-corrected chi connectivity index (χ1v) is 9.20. The van der Waals surface area contributed by atoms with Crippen molar-refractivity contribution in [3.63, 3.8) is 0 Å². The number of ether oxygens (including phenoxy) is 1. The Morgan fingerprint density at radius 2 is 1.83 bits per heavy atom. The number of nitrogens with one attached hydrogen (secondary N) is 2. The molecule has 1 aliphatic carbocycles. The van der Waals surface area contributed by atoms with Crippen LogP contribution in [0, 0.1) is 0 Å². The van der Waals surface area contributed by atoms with Crippen LogP contribution in [0.5, 0.6) is 0 Å². The summed E-state index contributed by atoms with van der Waals surface area (Å²) in [6.07, 6.45) is 9.66. The molecule has 2 saturated heterocycles. The van der Waals surface area contributed by atoms with Crippen LogP contribution in [0.4, 0.5) is 4.79 Å². The van der Waals surface area contributed by atoms with Crippen LogP contribution >= 0.6 is 0 Å². The molecule has 2 aliphatic heterocycles. The maximum Gasteiger partial charge on any atom is 0.318 e. The van der Waals surface area contributed by atoms with E-state index in [9.17, 15) is 9.59 Å². The van der Waals surface area contributed by atoms with E-state index in [1.165, 1.54) is 19.3 Å². The van der Waals surface area contributed by atoms with E-state index in [4.69, 9.17) is 4.74 Å². The largest absolute Gasteiger partial charge is 0.376 e. The first kappa shape index (κ1) is 16.6. The molecule has 0 aromatic rings. The number of rotatable bonds is 4. The lowest BCUT2D eigenvalue weighted by molar-refractivity contribution is -0.125. The maximum absolute atomic E-state index is 12.5. The molecule has 3 aliphatic rings. The van der Waals surface area contributed by atoms with Gasteiger partial charge in [-0.3, -0.25) is 4.79 Å². The van der Waals surface area contributed by atoms with Crippen molar-refractivity contribution < 1.29 is 14.3 Å². The average molecular weight is 323 g/mol. The van der Waals surface area contributed by atoms with E-state index < -0.39 is 0 Å². The second-order valence-electron chi connectivity index (χ2n) is 7.02. The predicted molar refractivity (Wildman–Crippen MR) is 87.1 cm³/mol. The highest BCUT2D eigenvalue weighted by atomic mass is 16.5. The van der Waals surface area contributed by atoms with E-state index in [0.717, 1.165) is 45.1 Å². The van der Waals surface area contributed by atoms with Gasteiger partial charge in [0.15, 0.2) is 0 Å². The molecule has 0 bridgehead atoms. The Morgan fingerprint density at radius 1 is 1.00 bits per heavy atom. The minimum atomic E-state index is -0.319. The lowest BCUT2D eigenvalue weighted by Gasteiger charge is -2.29. The zero-order valence-corrected chi connectivity index (χ0v) is 13.9. The van der Waals surface area contributed by atoms with Gasteiger partial charge < -0.3 is 20.3 Å². The van der Waals surface area contributed by atoms with Crippen LogP contribution in [0.2, 0.25) is 0 Å². The number of nitrogens with zero attached hydrogens (tertiary/aromatic N) is 1. The van der Waals surface area contributed by atoms with Gasteiger partial charge in [-0.15, -0.1) is 0 Å².